The van der Waals surface area contributed by atoms with Crippen LogP contribution in [0, 0.1) is 0 Å². The fourth-order valence-corrected chi connectivity index (χ4v) is 4.90. The van der Waals surface area contributed by atoms with E-state index in [4.69, 9.17) is 14.2 Å². The van der Waals surface area contributed by atoms with Crippen LogP contribution in [0.2, 0.25) is 0 Å². The zero-order valence-electron chi connectivity index (χ0n) is 20.5. The summed E-state index contributed by atoms with van der Waals surface area (Å²) in [7, 11) is 1.67. The van der Waals surface area contributed by atoms with Gasteiger partial charge in [-0.05, 0) is 49.2 Å². The summed E-state index contributed by atoms with van der Waals surface area (Å²) in [5.74, 6) is 0.779. The van der Waals surface area contributed by atoms with Crippen LogP contribution in [0.3, 0.4) is 0 Å². The number of nitrogens with zero attached hydrogens (tertiary/aromatic N) is 2. The van der Waals surface area contributed by atoms with Crippen molar-refractivity contribution in [1.82, 2.24) is 15.1 Å². The molecule has 3 unspecified atom stereocenters. The molecule has 2 heterocycles. The quantitative estimate of drug-likeness (QED) is 0.644. The molecular weight excluding hydrogens is 430 g/mol. The Morgan fingerprint density at radius 2 is 1.68 bits per heavy atom. The molecule has 3 atom stereocenters. The summed E-state index contributed by atoms with van der Waals surface area (Å²) >= 11 is 0. The molecule has 1 N–H and O–H groups in total. The Kier molecular flexibility index (Phi) is 8.56. The summed E-state index contributed by atoms with van der Waals surface area (Å²) in [6, 6.07) is 16.2. The average molecular weight is 468 g/mol. The van der Waals surface area contributed by atoms with Gasteiger partial charge in [-0.1, -0.05) is 24.3 Å². The first-order chi connectivity index (χ1) is 16.5. The van der Waals surface area contributed by atoms with Crippen LogP contribution < -0.4 is 10.1 Å². The zero-order chi connectivity index (χ0) is 23.9. The Hall–Kier alpha value is -2.45. The van der Waals surface area contributed by atoms with Crippen molar-refractivity contribution in [1.29, 1.82) is 0 Å². The molecule has 2 fully saturated rings. The number of benzene rings is 2. The van der Waals surface area contributed by atoms with E-state index in [-0.39, 0.29) is 24.2 Å². The van der Waals surface area contributed by atoms with E-state index in [0.717, 1.165) is 44.0 Å². The predicted molar refractivity (Wildman–Crippen MR) is 132 cm³/mol. The minimum atomic E-state index is -0.0491. The molecule has 0 spiro atoms. The van der Waals surface area contributed by atoms with E-state index < -0.39 is 0 Å². The number of hydrogen-bond donors (Lipinski definition) is 1. The number of methoxy groups -OCH3 is 1. The van der Waals surface area contributed by atoms with E-state index in [1.807, 2.05) is 24.3 Å². The number of rotatable bonds is 8. The number of amides is 1. The van der Waals surface area contributed by atoms with Crippen molar-refractivity contribution in [2.24, 2.45) is 0 Å². The Bertz CT molecular complexity index is 902. The lowest BCUT2D eigenvalue weighted by molar-refractivity contribution is -0.0704. The minimum absolute atomic E-state index is 0.0491. The van der Waals surface area contributed by atoms with Crippen molar-refractivity contribution in [2.75, 3.05) is 53.0 Å². The number of carbonyl (C=O) groups is 1. The summed E-state index contributed by atoms with van der Waals surface area (Å²) in [4.78, 5) is 17.7. The van der Waals surface area contributed by atoms with Crippen LogP contribution in [0.5, 0.6) is 5.75 Å². The topological polar surface area (TPSA) is 63.3 Å². The van der Waals surface area contributed by atoms with Crippen molar-refractivity contribution in [2.45, 2.75) is 38.6 Å². The number of nitrogens with one attached hydrogen (secondary N) is 1. The van der Waals surface area contributed by atoms with Crippen LogP contribution in [0.15, 0.2) is 48.5 Å². The number of ether oxygens (including phenoxy) is 3. The summed E-state index contributed by atoms with van der Waals surface area (Å²) < 4.78 is 16.7. The van der Waals surface area contributed by atoms with E-state index in [9.17, 15) is 4.79 Å². The molecule has 0 aromatic heterocycles. The molecule has 7 heteroatoms. The van der Waals surface area contributed by atoms with Crippen LogP contribution >= 0.6 is 0 Å². The van der Waals surface area contributed by atoms with Gasteiger partial charge in [0.05, 0.1) is 38.6 Å². The largest absolute Gasteiger partial charge is 0.497 e. The van der Waals surface area contributed by atoms with Crippen LogP contribution in [-0.4, -0.2) is 81.0 Å². The SMILES string of the molecule is COc1ccc(C(CNC(=O)c2ccc(CN3CC(C)OC(C)C3)cc2)N2CCOCC2)cc1. The highest BCUT2D eigenvalue weighted by Gasteiger charge is 2.24. The van der Waals surface area contributed by atoms with E-state index in [1.54, 1.807) is 7.11 Å². The van der Waals surface area contributed by atoms with Gasteiger partial charge in [-0.15, -0.1) is 0 Å². The van der Waals surface area contributed by atoms with Gasteiger partial charge in [0.25, 0.3) is 5.91 Å². The maximum Gasteiger partial charge on any atom is 0.251 e. The van der Waals surface area contributed by atoms with Crippen molar-refractivity contribution in [3.05, 3.63) is 65.2 Å². The Labute approximate surface area is 203 Å². The van der Waals surface area contributed by atoms with E-state index >= 15 is 0 Å². The number of hydrogen-bond acceptors (Lipinski definition) is 6. The molecule has 0 radical (unpaired) electrons. The summed E-state index contributed by atoms with van der Waals surface area (Å²) in [5.41, 5.74) is 3.05. The first-order valence-corrected chi connectivity index (χ1v) is 12.2. The Morgan fingerprint density at radius 1 is 1.03 bits per heavy atom. The summed E-state index contributed by atoms with van der Waals surface area (Å²) in [6.45, 7) is 10.6. The fraction of sp³-hybridized carbons (Fsp3) is 0.519. The molecule has 0 bridgehead atoms. The fourth-order valence-electron chi connectivity index (χ4n) is 4.90. The monoisotopic (exact) mass is 467 g/mol. The lowest BCUT2D eigenvalue weighted by Gasteiger charge is -2.35. The summed E-state index contributed by atoms with van der Waals surface area (Å²) in [6.07, 6.45) is 0.498. The summed E-state index contributed by atoms with van der Waals surface area (Å²) in [5, 5.41) is 3.16. The van der Waals surface area contributed by atoms with Crippen LogP contribution in [0.25, 0.3) is 0 Å². The smallest absolute Gasteiger partial charge is 0.251 e. The highest BCUT2D eigenvalue weighted by atomic mass is 16.5. The highest BCUT2D eigenvalue weighted by Crippen LogP contribution is 2.24. The standard InChI is InChI=1S/C27H37N3O4/c1-20-17-29(18-21(2)34-20)19-22-4-6-24(7-5-22)27(31)28-16-26(30-12-14-33-15-13-30)23-8-10-25(32-3)11-9-23/h4-11,20-21,26H,12-19H2,1-3H3,(H,28,31). The van der Waals surface area contributed by atoms with Crippen molar-refractivity contribution in [3.8, 4) is 5.75 Å². The predicted octanol–water partition coefficient (Wildman–Crippen LogP) is 3.11. The second-order valence-electron chi connectivity index (χ2n) is 9.30. The van der Waals surface area contributed by atoms with E-state index in [1.165, 1.54) is 5.56 Å². The lowest BCUT2D eigenvalue weighted by atomic mass is 10.0. The lowest BCUT2D eigenvalue weighted by Crippen LogP contribution is -2.44. The van der Waals surface area contributed by atoms with Gasteiger partial charge in [-0.25, -0.2) is 0 Å². The van der Waals surface area contributed by atoms with Gasteiger partial charge in [0, 0.05) is 44.8 Å². The third-order valence-corrected chi connectivity index (χ3v) is 6.56. The van der Waals surface area contributed by atoms with E-state index in [0.29, 0.717) is 25.3 Å². The van der Waals surface area contributed by atoms with Gasteiger partial charge in [0.2, 0.25) is 0 Å². The zero-order valence-corrected chi connectivity index (χ0v) is 20.5. The number of morpholine rings is 2. The molecule has 4 rings (SSSR count). The van der Waals surface area contributed by atoms with Crippen molar-refractivity contribution >= 4 is 5.91 Å². The molecule has 0 aliphatic carbocycles. The van der Waals surface area contributed by atoms with Gasteiger partial charge >= 0.3 is 0 Å². The Balaban J connectivity index is 1.37. The van der Waals surface area contributed by atoms with E-state index in [2.05, 4.69) is 53.2 Å². The molecule has 1 amide bonds. The van der Waals surface area contributed by atoms with Crippen LogP contribution in [0.1, 0.15) is 41.4 Å². The van der Waals surface area contributed by atoms with Gasteiger partial charge in [0.15, 0.2) is 0 Å². The second kappa shape index (κ2) is 11.8. The van der Waals surface area contributed by atoms with Gasteiger partial charge in [-0.2, -0.15) is 0 Å². The molecular formula is C27H37N3O4. The van der Waals surface area contributed by atoms with Crippen LogP contribution in [0.4, 0.5) is 0 Å². The molecule has 2 aliphatic rings. The van der Waals surface area contributed by atoms with Gasteiger partial charge in [-0.3, -0.25) is 14.6 Å². The molecule has 7 nitrogen and oxygen atoms in total. The molecule has 34 heavy (non-hydrogen) atoms. The van der Waals surface area contributed by atoms with Crippen LogP contribution in [-0.2, 0) is 16.0 Å². The van der Waals surface area contributed by atoms with Crippen molar-refractivity contribution in [3.63, 3.8) is 0 Å². The normalized spacial score (nSPS) is 22.8. The van der Waals surface area contributed by atoms with Gasteiger partial charge < -0.3 is 19.5 Å². The first kappa shape index (κ1) is 24.7. The Morgan fingerprint density at radius 3 is 2.29 bits per heavy atom. The molecule has 0 saturated carbocycles. The maximum atomic E-state index is 12.9. The highest BCUT2D eigenvalue weighted by molar-refractivity contribution is 5.94. The molecule has 2 aromatic rings. The molecule has 2 aliphatic heterocycles. The first-order valence-electron chi connectivity index (χ1n) is 12.2. The average Bonchev–Trinajstić information content (AvgIpc) is 2.85. The maximum absolute atomic E-state index is 12.9. The van der Waals surface area contributed by atoms with Crippen molar-refractivity contribution < 1.29 is 19.0 Å². The number of carbonyl (C=O) groups excluding carboxylic acids is 1. The third-order valence-electron chi connectivity index (χ3n) is 6.56. The third kappa shape index (κ3) is 6.57. The second-order valence-corrected chi connectivity index (χ2v) is 9.30. The molecule has 2 aromatic carbocycles. The molecule has 2 saturated heterocycles. The molecule has 184 valence electrons. The minimum Gasteiger partial charge on any atom is -0.497 e. The van der Waals surface area contributed by atoms with Gasteiger partial charge in [0.1, 0.15) is 5.75 Å².